The molecule has 4 heterocycles. The van der Waals surface area contributed by atoms with E-state index in [1.54, 1.807) is 30.3 Å². The summed E-state index contributed by atoms with van der Waals surface area (Å²) >= 11 is 0. The van der Waals surface area contributed by atoms with Crippen molar-refractivity contribution in [3.63, 3.8) is 0 Å². The minimum Gasteiger partial charge on any atom is -0.340 e. The first kappa shape index (κ1) is 19.7. The summed E-state index contributed by atoms with van der Waals surface area (Å²) in [7, 11) is 0. The Morgan fingerprint density at radius 3 is 2.65 bits per heavy atom. The van der Waals surface area contributed by atoms with Crippen molar-refractivity contribution >= 4 is 16.8 Å². The van der Waals surface area contributed by atoms with Crippen LogP contribution in [0.5, 0.6) is 0 Å². The fourth-order valence-electron chi connectivity index (χ4n) is 5.12. The average molecular weight is 419 g/mol. The number of hydrogen-bond donors (Lipinski definition) is 0. The summed E-state index contributed by atoms with van der Waals surface area (Å²) in [6.07, 6.45) is 0.968. The number of pyridine rings is 1. The Hall–Kier alpha value is -3.29. The molecule has 1 fully saturated rings. The maximum Gasteiger partial charge on any atom is 0.278 e. The molecule has 0 N–H and O–H groups in total. The molecule has 5 rings (SSSR count). The third kappa shape index (κ3) is 3.26. The first-order valence-corrected chi connectivity index (χ1v) is 10.8. The molecule has 0 aliphatic carbocycles. The molecule has 2 bridgehead atoms. The van der Waals surface area contributed by atoms with Gasteiger partial charge in [-0.2, -0.15) is 4.68 Å². The number of piperidine rings is 1. The highest BCUT2D eigenvalue weighted by atomic mass is 16.2. The molecule has 0 spiro atoms. The number of fused-ring (bicyclic) bond motifs is 5. The van der Waals surface area contributed by atoms with Crippen LogP contribution in [0.2, 0.25) is 0 Å². The fourth-order valence-corrected chi connectivity index (χ4v) is 5.12. The maximum absolute atomic E-state index is 13.7. The van der Waals surface area contributed by atoms with Crippen LogP contribution >= 0.6 is 0 Å². The van der Waals surface area contributed by atoms with Crippen LogP contribution in [0.4, 0.5) is 0 Å². The van der Waals surface area contributed by atoms with Gasteiger partial charge in [-0.1, -0.05) is 37.3 Å². The summed E-state index contributed by atoms with van der Waals surface area (Å²) in [5.74, 6) is 0.112. The van der Waals surface area contributed by atoms with Gasteiger partial charge in [-0.3, -0.25) is 14.4 Å². The number of nitrogens with zero attached hydrogens (tertiary/aromatic N) is 5. The second-order valence-electron chi connectivity index (χ2n) is 8.99. The van der Waals surface area contributed by atoms with E-state index in [4.69, 9.17) is 0 Å². The molecule has 0 saturated carbocycles. The van der Waals surface area contributed by atoms with Crippen LogP contribution in [0.15, 0.2) is 52.1 Å². The number of amides is 1. The highest BCUT2D eigenvalue weighted by molar-refractivity contribution is 5.82. The van der Waals surface area contributed by atoms with E-state index < -0.39 is 6.04 Å². The Kier molecular flexibility index (Phi) is 4.72. The zero-order valence-electron chi connectivity index (χ0n) is 17.6. The molecule has 31 heavy (non-hydrogen) atoms. The number of carbonyl (C=O) groups excluding carboxylic acids is 1. The summed E-state index contributed by atoms with van der Waals surface area (Å²) < 4.78 is 3.10. The van der Waals surface area contributed by atoms with Gasteiger partial charge in [0.25, 0.3) is 11.1 Å². The summed E-state index contributed by atoms with van der Waals surface area (Å²) in [4.78, 5) is 40.9. The zero-order valence-corrected chi connectivity index (χ0v) is 17.6. The minimum absolute atomic E-state index is 0.0185. The Morgan fingerprint density at radius 2 is 1.84 bits per heavy atom. The van der Waals surface area contributed by atoms with Crippen LogP contribution in [0, 0.1) is 11.8 Å². The second-order valence-corrected chi connectivity index (χ2v) is 8.99. The quantitative estimate of drug-likeness (QED) is 0.646. The molecular weight excluding hydrogens is 394 g/mol. The van der Waals surface area contributed by atoms with Crippen molar-refractivity contribution in [1.82, 2.24) is 24.5 Å². The molecule has 3 atom stereocenters. The zero-order chi connectivity index (χ0) is 21.7. The monoisotopic (exact) mass is 419 g/mol. The Balaban J connectivity index is 1.49. The highest BCUT2D eigenvalue weighted by Crippen LogP contribution is 2.36. The molecule has 8 nitrogen and oxygen atoms in total. The van der Waals surface area contributed by atoms with Gasteiger partial charge in [-0.25, -0.2) is 0 Å². The first-order valence-electron chi connectivity index (χ1n) is 10.8. The molecule has 3 unspecified atom stereocenters. The van der Waals surface area contributed by atoms with Crippen molar-refractivity contribution in [2.45, 2.75) is 38.8 Å². The standard InChI is InChI=1S/C23H25N5O3/c1-14(2)21(28-22(30)17-6-3-4-7-18(17)24-25-28)23(31)26-11-15-10-16(13-26)19-8-5-9-20(29)27(19)12-15/h3-9,14-16,21H,10-13H2,1-2H3. The van der Waals surface area contributed by atoms with Gasteiger partial charge < -0.3 is 9.47 Å². The lowest BCUT2D eigenvalue weighted by atomic mass is 9.82. The number of carbonyl (C=O) groups is 1. The van der Waals surface area contributed by atoms with E-state index in [9.17, 15) is 14.4 Å². The van der Waals surface area contributed by atoms with Crippen LogP contribution in [0.25, 0.3) is 10.9 Å². The van der Waals surface area contributed by atoms with Gasteiger partial charge in [-0.05, 0) is 36.5 Å². The average Bonchev–Trinajstić information content (AvgIpc) is 2.76. The molecule has 0 radical (unpaired) electrons. The smallest absolute Gasteiger partial charge is 0.278 e. The van der Waals surface area contributed by atoms with E-state index in [1.807, 2.05) is 35.4 Å². The molecule has 2 aliphatic heterocycles. The lowest BCUT2D eigenvalue weighted by Crippen LogP contribution is -2.52. The van der Waals surface area contributed by atoms with Crippen LogP contribution in [0.3, 0.4) is 0 Å². The van der Waals surface area contributed by atoms with Crippen LogP contribution in [0.1, 0.15) is 37.9 Å². The van der Waals surface area contributed by atoms with E-state index in [2.05, 4.69) is 10.3 Å². The Morgan fingerprint density at radius 1 is 1.03 bits per heavy atom. The van der Waals surface area contributed by atoms with E-state index in [-0.39, 0.29) is 34.8 Å². The third-order valence-electron chi connectivity index (χ3n) is 6.53. The predicted molar refractivity (Wildman–Crippen MR) is 116 cm³/mol. The molecule has 160 valence electrons. The molecule has 1 aromatic carbocycles. The van der Waals surface area contributed by atoms with E-state index in [1.165, 1.54) is 4.68 Å². The number of likely N-dealkylation sites (tertiary alicyclic amines) is 1. The van der Waals surface area contributed by atoms with Gasteiger partial charge >= 0.3 is 0 Å². The van der Waals surface area contributed by atoms with Crippen molar-refractivity contribution < 1.29 is 4.79 Å². The van der Waals surface area contributed by atoms with Gasteiger partial charge in [-0.15, -0.1) is 5.10 Å². The molecule has 2 aromatic heterocycles. The fraction of sp³-hybridized carbons (Fsp3) is 0.435. The lowest BCUT2D eigenvalue weighted by Gasteiger charge is -2.43. The maximum atomic E-state index is 13.7. The number of hydrogen-bond acceptors (Lipinski definition) is 5. The highest BCUT2D eigenvalue weighted by Gasteiger charge is 2.39. The van der Waals surface area contributed by atoms with Gasteiger partial charge in [0.1, 0.15) is 11.6 Å². The van der Waals surface area contributed by atoms with Gasteiger partial charge in [0.05, 0.1) is 5.39 Å². The number of aromatic nitrogens is 4. The van der Waals surface area contributed by atoms with Crippen molar-refractivity contribution in [1.29, 1.82) is 0 Å². The largest absolute Gasteiger partial charge is 0.340 e. The normalized spacial score (nSPS) is 21.2. The van der Waals surface area contributed by atoms with Crippen LogP contribution < -0.4 is 11.1 Å². The van der Waals surface area contributed by atoms with Gasteiger partial charge in [0.15, 0.2) is 0 Å². The molecule has 3 aromatic rings. The number of rotatable bonds is 3. The SMILES string of the molecule is CC(C)C(C(=O)N1CC2CC(C1)c1cccc(=O)n1C2)n1nnc2ccccc2c1=O. The molecule has 1 saturated heterocycles. The third-order valence-corrected chi connectivity index (χ3v) is 6.53. The molecule has 2 aliphatic rings. The van der Waals surface area contributed by atoms with Crippen molar-refractivity contribution in [3.8, 4) is 0 Å². The molecule has 1 amide bonds. The minimum atomic E-state index is -0.721. The van der Waals surface area contributed by atoms with Crippen molar-refractivity contribution in [2.75, 3.05) is 13.1 Å². The van der Waals surface area contributed by atoms with Crippen molar-refractivity contribution in [2.24, 2.45) is 11.8 Å². The Bertz CT molecular complexity index is 1280. The predicted octanol–water partition coefficient (Wildman–Crippen LogP) is 1.80. The second kappa shape index (κ2) is 7.44. The van der Waals surface area contributed by atoms with E-state index in [0.717, 1.165) is 12.1 Å². The van der Waals surface area contributed by atoms with E-state index in [0.29, 0.717) is 30.5 Å². The lowest BCUT2D eigenvalue weighted by molar-refractivity contribution is -0.139. The Labute approximate surface area is 179 Å². The van der Waals surface area contributed by atoms with Gasteiger partial charge in [0, 0.05) is 37.3 Å². The number of benzene rings is 1. The first-order chi connectivity index (χ1) is 14.9. The summed E-state index contributed by atoms with van der Waals surface area (Å²) in [5, 5.41) is 8.76. The summed E-state index contributed by atoms with van der Waals surface area (Å²) in [6, 6.07) is 11.7. The van der Waals surface area contributed by atoms with Crippen LogP contribution in [-0.2, 0) is 11.3 Å². The molecule has 8 heteroatoms. The van der Waals surface area contributed by atoms with Gasteiger partial charge in [0.2, 0.25) is 5.91 Å². The van der Waals surface area contributed by atoms with Crippen molar-refractivity contribution in [3.05, 3.63) is 68.9 Å². The molecular formula is C23H25N5O3. The summed E-state index contributed by atoms with van der Waals surface area (Å²) in [5.41, 5.74) is 1.23. The van der Waals surface area contributed by atoms with E-state index >= 15 is 0 Å². The summed E-state index contributed by atoms with van der Waals surface area (Å²) in [6.45, 7) is 5.58. The van der Waals surface area contributed by atoms with Crippen LogP contribution in [-0.4, -0.2) is 43.5 Å². The topological polar surface area (TPSA) is 90.1 Å².